The van der Waals surface area contributed by atoms with E-state index in [2.05, 4.69) is 25.9 Å². The molecule has 3 atom stereocenters. The first kappa shape index (κ1) is 15.7. The molecule has 112 valence electrons. The van der Waals surface area contributed by atoms with Gasteiger partial charge < -0.3 is 10.6 Å². The Hall–Kier alpha value is -0.640. The van der Waals surface area contributed by atoms with Gasteiger partial charge in [0.1, 0.15) is 5.82 Å². The molecule has 0 heterocycles. The van der Waals surface area contributed by atoms with Gasteiger partial charge in [0.15, 0.2) is 0 Å². The van der Waals surface area contributed by atoms with Crippen molar-refractivity contribution in [3.8, 4) is 0 Å². The molecule has 4 heteroatoms. The van der Waals surface area contributed by atoms with Crippen LogP contribution in [0.15, 0.2) is 18.2 Å². The van der Waals surface area contributed by atoms with Crippen LogP contribution in [0.1, 0.15) is 44.2 Å². The van der Waals surface area contributed by atoms with E-state index in [9.17, 15) is 4.39 Å². The lowest BCUT2D eigenvalue weighted by molar-refractivity contribution is 0.0499. The van der Waals surface area contributed by atoms with Gasteiger partial charge in [-0.1, -0.05) is 31.4 Å². The maximum absolute atomic E-state index is 13.5. The highest BCUT2D eigenvalue weighted by atomic mass is 35.5. The zero-order valence-electron chi connectivity index (χ0n) is 12.5. The molecule has 1 aromatic carbocycles. The predicted molar refractivity (Wildman–Crippen MR) is 82.4 cm³/mol. The number of nitrogens with zero attached hydrogens (tertiary/aromatic N) is 1. The highest BCUT2D eigenvalue weighted by Gasteiger charge is 2.43. The molecule has 1 aromatic rings. The Morgan fingerprint density at radius 2 is 2.15 bits per heavy atom. The summed E-state index contributed by atoms with van der Waals surface area (Å²) >= 11 is 6.25. The van der Waals surface area contributed by atoms with Crippen molar-refractivity contribution in [1.82, 2.24) is 4.90 Å². The van der Waals surface area contributed by atoms with E-state index in [0.717, 1.165) is 24.8 Å². The number of hydrogen-bond acceptors (Lipinski definition) is 2. The van der Waals surface area contributed by atoms with Crippen LogP contribution in [0.4, 0.5) is 4.39 Å². The van der Waals surface area contributed by atoms with Crippen LogP contribution in [-0.2, 0) is 0 Å². The van der Waals surface area contributed by atoms with Crippen molar-refractivity contribution < 1.29 is 4.39 Å². The van der Waals surface area contributed by atoms with Gasteiger partial charge in [-0.3, -0.25) is 0 Å². The maximum atomic E-state index is 13.5. The summed E-state index contributed by atoms with van der Waals surface area (Å²) in [6.45, 7) is 2.26. The molecule has 3 unspecified atom stereocenters. The average Bonchev–Trinajstić information content (AvgIpc) is 2.40. The Labute approximate surface area is 126 Å². The van der Waals surface area contributed by atoms with Crippen LogP contribution in [0.5, 0.6) is 0 Å². The van der Waals surface area contributed by atoms with E-state index in [1.807, 2.05) is 0 Å². The molecule has 2 rings (SSSR count). The van der Waals surface area contributed by atoms with E-state index in [1.165, 1.54) is 18.6 Å². The van der Waals surface area contributed by atoms with Gasteiger partial charge in [0, 0.05) is 16.6 Å². The number of hydrogen-bond donors (Lipinski definition) is 1. The molecule has 20 heavy (non-hydrogen) atoms. The molecule has 0 amide bonds. The van der Waals surface area contributed by atoms with Crippen LogP contribution < -0.4 is 5.73 Å². The Balaban J connectivity index is 2.41. The maximum Gasteiger partial charge on any atom is 0.123 e. The fourth-order valence-electron chi connectivity index (χ4n) is 3.57. The third-order valence-electron chi connectivity index (χ3n) is 4.77. The smallest absolute Gasteiger partial charge is 0.123 e. The first-order valence-corrected chi connectivity index (χ1v) is 7.62. The predicted octanol–water partition coefficient (Wildman–Crippen LogP) is 3.99. The first-order chi connectivity index (χ1) is 9.36. The van der Waals surface area contributed by atoms with Gasteiger partial charge in [-0.2, -0.15) is 0 Å². The largest absolute Gasteiger partial charge is 0.322 e. The molecule has 0 bridgehead atoms. The van der Waals surface area contributed by atoms with Gasteiger partial charge in [0.2, 0.25) is 0 Å². The lowest BCUT2D eigenvalue weighted by atomic mass is 9.70. The van der Waals surface area contributed by atoms with E-state index in [-0.39, 0.29) is 17.4 Å². The van der Waals surface area contributed by atoms with Crippen molar-refractivity contribution in [2.24, 2.45) is 11.7 Å². The Kier molecular flexibility index (Phi) is 4.73. The first-order valence-electron chi connectivity index (χ1n) is 7.25. The standard InChI is InChI=1S/C16H24ClFN2/c1-11-5-4-8-16(10-11,20(2)3)15(19)13-9-12(18)6-7-14(13)17/h6-7,9,11,15H,4-5,8,10,19H2,1-3H3. The Bertz CT molecular complexity index is 478. The normalized spacial score (nSPS) is 28.6. The summed E-state index contributed by atoms with van der Waals surface area (Å²) < 4.78 is 13.5. The van der Waals surface area contributed by atoms with Crippen LogP contribution in [-0.4, -0.2) is 24.5 Å². The van der Waals surface area contributed by atoms with Gasteiger partial charge in [0.05, 0.1) is 0 Å². The molecule has 0 aliphatic heterocycles. The lowest BCUT2D eigenvalue weighted by Crippen LogP contribution is -2.54. The molecule has 1 aliphatic rings. The zero-order chi connectivity index (χ0) is 14.9. The molecule has 2 nitrogen and oxygen atoms in total. The van der Waals surface area contributed by atoms with Crippen molar-refractivity contribution >= 4 is 11.6 Å². The number of benzene rings is 1. The summed E-state index contributed by atoms with van der Waals surface area (Å²) in [4.78, 5) is 2.20. The third kappa shape index (κ3) is 2.85. The van der Waals surface area contributed by atoms with Gasteiger partial charge in [-0.15, -0.1) is 0 Å². The molecule has 1 fully saturated rings. The summed E-state index contributed by atoms with van der Waals surface area (Å²) in [5.74, 6) is 0.349. The number of halogens is 2. The SMILES string of the molecule is CC1CCCC(C(N)c2cc(F)ccc2Cl)(N(C)C)C1. The molecule has 1 saturated carbocycles. The zero-order valence-corrected chi connectivity index (χ0v) is 13.3. The summed E-state index contributed by atoms with van der Waals surface area (Å²) in [5, 5.41) is 0.554. The van der Waals surface area contributed by atoms with E-state index >= 15 is 0 Å². The summed E-state index contributed by atoms with van der Waals surface area (Å²) in [7, 11) is 4.12. The molecule has 1 aliphatic carbocycles. The fraction of sp³-hybridized carbons (Fsp3) is 0.625. The van der Waals surface area contributed by atoms with Crippen LogP contribution >= 0.6 is 11.6 Å². The van der Waals surface area contributed by atoms with E-state index < -0.39 is 0 Å². The van der Waals surface area contributed by atoms with Crippen molar-refractivity contribution in [2.75, 3.05) is 14.1 Å². The summed E-state index contributed by atoms with van der Waals surface area (Å²) in [6.07, 6.45) is 4.44. The van der Waals surface area contributed by atoms with Crippen LogP contribution in [0.2, 0.25) is 5.02 Å². The summed E-state index contributed by atoms with van der Waals surface area (Å²) in [5.41, 5.74) is 7.12. The second-order valence-electron chi connectivity index (χ2n) is 6.34. The van der Waals surface area contributed by atoms with E-state index in [4.69, 9.17) is 17.3 Å². The second kappa shape index (κ2) is 6.00. The van der Waals surface area contributed by atoms with Crippen molar-refractivity contribution in [3.63, 3.8) is 0 Å². The minimum atomic E-state index is -0.280. The van der Waals surface area contributed by atoms with Crippen LogP contribution in [0.3, 0.4) is 0 Å². The minimum Gasteiger partial charge on any atom is -0.322 e. The topological polar surface area (TPSA) is 29.3 Å². The quantitative estimate of drug-likeness (QED) is 0.914. The number of nitrogens with two attached hydrogens (primary N) is 1. The highest BCUT2D eigenvalue weighted by molar-refractivity contribution is 6.31. The molecule has 0 aromatic heterocycles. The number of likely N-dealkylation sites (N-methyl/N-ethyl adjacent to an activating group) is 1. The molecular formula is C16H24ClFN2. The third-order valence-corrected chi connectivity index (χ3v) is 5.12. The summed E-state index contributed by atoms with van der Waals surface area (Å²) in [6, 6.07) is 4.19. The molecule has 0 saturated heterocycles. The molecule has 0 radical (unpaired) electrons. The van der Waals surface area contributed by atoms with Gasteiger partial charge in [-0.25, -0.2) is 4.39 Å². The van der Waals surface area contributed by atoms with Crippen molar-refractivity contribution in [3.05, 3.63) is 34.6 Å². The van der Waals surface area contributed by atoms with E-state index in [0.29, 0.717) is 10.9 Å². The van der Waals surface area contributed by atoms with E-state index in [1.54, 1.807) is 6.07 Å². The van der Waals surface area contributed by atoms with Crippen LogP contribution in [0.25, 0.3) is 0 Å². The monoisotopic (exact) mass is 298 g/mol. The van der Waals surface area contributed by atoms with Gasteiger partial charge >= 0.3 is 0 Å². The lowest BCUT2D eigenvalue weighted by Gasteiger charge is -2.49. The van der Waals surface area contributed by atoms with Crippen molar-refractivity contribution in [2.45, 2.75) is 44.2 Å². The second-order valence-corrected chi connectivity index (χ2v) is 6.75. The molecule has 0 spiro atoms. The fourth-order valence-corrected chi connectivity index (χ4v) is 3.81. The van der Waals surface area contributed by atoms with Crippen molar-refractivity contribution in [1.29, 1.82) is 0 Å². The Morgan fingerprint density at radius 1 is 1.45 bits per heavy atom. The molecular weight excluding hydrogens is 275 g/mol. The van der Waals surface area contributed by atoms with Gasteiger partial charge in [0.25, 0.3) is 0 Å². The molecule has 2 N–H and O–H groups in total. The van der Waals surface area contributed by atoms with Gasteiger partial charge in [-0.05, 0) is 56.6 Å². The average molecular weight is 299 g/mol. The number of rotatable bonds is 3. The van der Waals surface area contributed by atoms with Crippen LogP contribution in [0, 0.1) is 11.7 Å². The minimum absolute atomic E-state index is 0.144. The Morgan fingerprint density at radius 3 is 2.75 bits per heavy atom. The highest BCUT2D eigenvalue weighted by Crippen LogP contribution is 2.44.